The van der Waals surface area contributed by atoms with Gasteiger partial charge in [0.25, 0.3) is 0 Å². The highest BCUT2D eigenvalue weighted by Crippen LogP contribution is 2.06. The first-order valence-electron chi connectivity index (χ1n) is 11.1. The summed E-state index contributed by atoms with van der Waals surface area (Å²) in [6.45, 7) is 1.34. The molecule has 198 valence electrons. The van der Waals surface area contributed by atoms with E-state index >= 15 is 0 Å². The van der Waals surface area contributed by atoms with Gasteiger partial charge in [0.2, 0.25) is 17.7 Å². The number of hydrogen-bond donors (Lipinski definition) is 8. The zero-order valence-corrected chi connectivity index (χ0v) is 20.7. The van der Waals surface area contributed by atoms with Crippen LogP contribution in [0.5, 0.6) is 0 Å². The number of hydrogen-bond acceptors (Lipinski definition) is 9. The van der Waals surface area contributed by atoms with Crippen molar-refractivity contribution < 1.29 is 29.4 Å². The van der Waals surface area contributed by atoms with Gasteiger partial charge >= 0.3 is 5.97 Å². The molecule has 2 heterocycles. The molecular formula is C21H32N8O6S. The highest BCUT2D eigenvalue weighted by molar-refractivity contribution is 7.98. The highest BCUT2D eigenvalue weighted by atomic mass is 32.2. The number of carboxylic acids is 1. The van der Waals surface area contributed by atoms with E-state index < -0.39 is 54.0 Å². The molecule has 0 aromatic carbocycles. The van der Waals surface area contributed by atoms with Crippen LogP contribution in [0.15, 0.2) is 25.0 Å². The lowest BCUT2D eigenvalue weighted by Gasteiger charge is -2.25. The Bertz CT molecular complexity index is 985. The lowest BCUT2D eigenvalue weighted by atomic mass is 10.1. The van der Waals surface area contributed by atoms with Gasteiger partial charge in [0.05, 0.1) is 18.8 Å². The van der Waals surface area contributed by atoms with Gasteiger partial charge in [-0.15, -0.1) is 0 Å². The zero-order chi connectivity index (χ0) is 26.7. The minimum absolute atomic E-state index is 0.00598. The minimum atomic E-state index is -1.28. The van der Waals surface area contributed by atoms with Crippen molar-refractivity contribution in [1.29, 1.82) is 0 Å². The van der Waals surface area contributed by atoms with Gasteiger partial charge in [0.1, 0.15) is 24.2 Å². The zero-order valence-electron chi connectivity index (χ0n) is 19.9. The number of aromatic amines is 2. The average Bonchev–Trinajstić information content (AvgIpc) is 3.54. The predicted octanol–water partition coefficient (Wildman–Crippen LogP) is -2.08. The smallest absolute Gasteiger partial charge is 0.326 e. The van der Waals surface area contributed by atoms with E-state index in [0.29, 0.717) is 17.1 Å². The summed E-state index contributed by atoms with van der Waals surface area (Å²) in [4.78, 5) is 63.8. The number of nitrogens with one attached hydrogen (secondary N) is 5. The number of aliphatic hydroxyl groups excluding tert-OH is 1. The molecule has 0 bridgehead atoms. The molecule has 14 nitrogen and oxygen atoms in total. The van der Waals surface area contributed by atoms with Crippen LogP contribution < -0.4 is 21.7 Å². The summed E-state index contributed by atoms with van der Waals surface area (Å²) in [5, 5.41) is 26.7. The van der Waals surface area contributed by atoms with E-state index in [1.54, 1.807) is 0 Å². The highest BCUT2D eigenvalue weighted by Gasteiger charge is 2.31. The van der Waals surface area contributed by atoms with Crippen LogP contribution in [0.1, 0.15) is 24.7 Å². The standard InChI is InChI=1S/C21H32N8O6S/c1-11(30)17(22)20(33)29-16(6-13-8-24-10-26-13)19(32)28-15(5-12-7-23-9-25-12)18(31)27-14(21(34)35)3-4-36-2/h7-11,14-17,30H,3-6,22H2,1-2H3,(H,23,25)(H,24,26)(H,27,31)(H,28,32)(H,29,33)(H,34,35). The van der Waals surface area contributed by atoms with Crippen LogP contribution in [0.4, 0.5) is 0 Å². The van der Waals surface area contributed by atoms with Gasteiger partial charge < -0.3 is 41.9 Å². The third-order valence-corrected chi connectivity index (χ3v) is 5.92. The second kappa shape index (κ2) is 14.2. The number of aliphatic carboxylic acids is 1. The number of H-pyrrole nitrogens is 2. The Labute approximate surface area is 211 Å². The van der Waals surface area contributed by atoms with Crippen molar-refractivity contribution in [3.63, 3.8) is 0 Å². The Morgan fingerprint density at radius 2 is 1.42 bits per heavy atom. The predicted molar refractivity (Wildman–Crippen MR) is 131 cm³/mol. The van der Waals surface area contributed by atoms with E-state index in [2.05, 4.69) is 35.9 Å². The fraction of sp³-hybridized carbons (Fsp3) is 0.524. The number of carboxylic acid groups (broad SMARTS) is 1. The van der Waals surface area contributed by atoms with Crippen LogP contribution >= 0.6 is 11.8 Å². The molecule has 0 aliphatic rings. The minimum Gasteiger partial charge on any atom is -0.480 e. The maximum absolute atomic E-state index is 13.2. The second-order valence-electron chi connectivity index (χ2n) is 8.13. The van der Waals surface area contributed by atoms with Crippen molar-refractivity contribution in [2.24, 2.45) is 5.73 Å². The molecule has 0 aliphatic carbocycles. The van der Waals surface area contributed by atoms with Gasteiger partial charge in [-0.05, 0) is 25.4 Å². The molecule has 0 spiro atoms. The molecular weight excluding hydrogens is 492 g/mol. The van der Waals surface area contributed by atoms with Gasteiger partial charge in [-0.25, -0.2) is 14.8 Å². The second-order valence-corrected chi connectivity index (χ2v) is 9.12. The number of amides is 3. The molecule has 5 atom stereocenters. The Hall–Kier alpha value is -3.43. The van der Waals surface area contributed by atoms with Crippen LogP contribution in [0.2, 0.25) is 0 Å². The van der Waals surface area contributed by atoms with Crippen molar-refractivity contribution in [2.75, 3.05) is 12.0 Å². The van der Waals surface area contributed by atoms with Gasteiger partial charge in [0, 0.05) is 36.6 Å². The first-order chi connectivity index (χ1) is 17.1. The summed E-state index contributed by atoms with van der Waals surface area (Å²) in [6.07, 6.45) is 6.60. The fourth-order valence-electron chi connectivity index (χ4n) is 3.18. The number of thioether (sulfide) groups is 1. The number of rotatable bonds is 15. The van der Waals surface area contributed by atoms with E-state index in [-0.39, 0.29) is 19.3 Å². The summed E-state index contributed by atoms with van der Waals surface area (Å²) in [5.74, 6) is -2.87. The molecule has 3 amide bonds. The van der Waals surface area contributed by atoms with Crippen molar-refractivity contribution in [3.05, 3.63) is 36.4 Å². The third kappa shape index (κ3) is 8.98. The van der Waals surface area contributed by atoms with Gasteiger partial charge in [-0.3, -0.25) is 14.4 Å². The summed E-state index contributed by atoms with van der Waals surface area (Å²) >= 11 is 1.44. The molecule has 2 aromatic rings. The summed E-state index contributed by atoms with van der Waals surface area (Å²) in [6, 6.07) is -4.78. The largest absolute Gasteiger partial charge is 0.480 e. The van der Waals surface area contributed by atoms with Gasteiger partial charge in [0.15, 0.2) is 0 Å². The van der Waals surface area contributed by atoms with E-state index in [0.717, 1.165) is 0 Å². The summed E-state index contributed by atoms with van der Waals surface area (Å²) < 4.78 is 0. The molecule has 36 heavy (non-hydrogen) atoms. The van der Waals surface area contributed by atoms with Crippen LogP contribution in [0, 0.1) is 0 Å². The lowest BCUT2D eigenvalue weighted by Crippen LogP contribution is -2.59. The first kappa shape index (κ1) is 28.8. The maximum atomic E-state index is 13.2. The molecule has 0 radical (unpaired) electrons. The van der Waals surface area contributed by atoms with E-state index in [9.17, 15) is 29.4 Å². The van der Waals surface area contributed by atoms with Crippen molar-refractivity contribution in [2.45, 2.75) is 56.5 Å². The monoisotopic (exact) mass is 524 g/mol. The molecule has 2 rings (SSSR count). The van der Waals surface area contributed by atoms with Gasteiger partial charge in [-0.2, -0.15) is 11.8 Å². The van der Waals surface area contributed by atoms with Crippen LogP contribution in [0.3, 0.4) is 0 Å². The quantitative estimate of drug-likeness (QED) is 0.127. The van der Waals surface area contributed by atoms with E-state index in [1.807, 2.05) is 6.26 Å². The topological polar surface area (TPSA) is 228 Å². The lowest BCUT2D eigenvalue weighted by molar-refractivity contribution is -0.142. The maximum Gasteiger partial charge on any atom is 0.326 e. The number of imidazole rings is 2. The molecule has 2 aromatic heterocycles. The third-order valence-electron chi connectivity index (χ3n) is 5.27. The molecule has 15 heteroatoms. The van der Waals surface area contributed by atoms with Crippen LogP contribution in [-0.2, 0) is 32.0 Å². The SMILES string of the molecule is CSCCC(NC(=O)C(Cc1cnc[nH]1)NC(=O)C(Cc1cnc[nH]1)NC(=O)C(N)C(C)O)C(=O)O. The number of nitrogens with two attached hydrogens (primary N) is 1. The number of aromatic nitrogens is 4. The normalized spacial score (nSPS) is 15.2. The molecule has 0 fully saturated rings. The summed E-state index contributed by atoms with van der Waals surface area (Å²) in [7, 11) is 0. The van der Waals surface area contributed by atoms with E-state index in [4.69, 9.17) is 5.73 Å². The van der Waals surface area contributed by atoms with Crippen LogP contribution in [-0.4, -0.2) is 96.1 Å². The molecule has 0 aliphatic heterocycles. The van der Waals surface area contributed by atoms with E-state index in [1.165, 1.54) is 43.7 Å². The number of carbonyl (C=O) groups excluding carboxylic acids is 3. The number of aliphatic hydroxyl groups is 1. The molecule has 5 unspecified atom stereocenters. The molecule has 0 saturated carbocycles. The van der Waals surface area contributed by atoms with Gasteiger partial charge in [-0.1, -0.05) is 0 Å². The fourth-order valence-corrected chi connectivity index (χ4v) is 3.65. The Morgan fingerprint density at radius 1 is 0.944 bits per heavy atom. The average molecular weight is 525 g/mol. The van der Waals surface area contributed by atoms with Crippen molar-refractivity contribution in [3.8, 4) is 0 Å². The first-order valence-corrected chi connectivity index (χ1v) is 12.5. The van der Waals surface area contributed by atoms with Crippen molar-refractivity contribution >= 4 is 35.5 Å². The number of nitrogens with zero attached hydrogens (tertiary/aromatic N) is 2. The molecule has 9 N–H and O–H groups in total. The Morgan fingerprint density at radius 3 is 1.81 bits per heavy atom. The number of carbonyl (C=O) groups is 4. The summed E-state index contributed by atoms with van der Waals surface area (Å²) in [5.41, 5.74) is 6.75. The Kier molecular flexibility index (Phi) is 11.4. The van der Waals surface area contributed by atoms with Crippen molar-refractivity contribution in [1.82, 2.24) is 35.9 Å². The van der Waals surface area contributed by atoms with Crippen LogP contribution in [0.25, 0.3) is 0 Å². The Balaban J connectivity index is 2.23. The molecule has 0 saturated heterocycles.